The zero-order chi connectivity index (χ0) is 24.8. The number of benzene rings is 3. The van der Waals surface area contributed by atoms with Crippen LogP contribution in [0.2, 0.25) is 0 Å². The van der Waals surface area contributed by atoms with E-state index in [2.05, 4.69) is 11.4 Å². The first-order valence-corrected chi connectivity index (χ1v) is 10.9. The van der Waals surface area contributed by atoms with E-state index in [1.807, 2.05) is 19.1 Å². The van der Waals surface area contributed by atoms with Gasteiger partial charge in [-0.3, -0.25) is 14.9 Å². The summed E-state index contributed by atoms with van der Waals surface area (Å²) in [5.41, 5.74) is 2.03. The second kappa shape index (κ2) is 10.4. The zero-order valence-corrected chi connectivity index (χ0v) is 18.9. The quantitative estimate of drug-likeness (QED) is 0.412. The molecule has 1 aliphatic heterocycles. The van der Waals surface area contributed by atoms with Crippen molar-refractivity contribution in [2.45, 2.75) is 13.5 Å². The van der Waals surface area contributed by atoms with Crippen molar-refractivity contribution in [3.05, 3.63) is 95.1 Å². The topological polar surface area (TPSA) is 109 Å². The van der Waals surface area contributed by atoms with Gasteiger partial charge >= 0.3 is 6.03 Å². The van der Waals surface area contributed by atoms with E-state index in [1.54, 1.807) is 60.7 Å². The molecule has 4 rings (SSSR count). The summed E-state index contributed by atoms with van der Waals surface area (Å²) < 4.78 is 11.1. The molecular weight excluding hydrogens is 446 g/mol. The molecule has 8 nitrogen and oxygen atoms in total. The van der Waals surface area contributed by atoms with E-state index in [4.69, 9.17) is 9.47 Å². The summed E-state index contributed by atoms with van der Waals surface area (Å²) >= 11 is 0. The van der Waals surface area contributed by atoms with Gasteiger partial charge in [-0.1, -0.05) is 30.3 Å². The van der Waals surface area contributed by atoms with Crippen LogP contribution in [0.25, 0.3) is 6.08 Å². The second-order valence-electron chi connectivity index (χ2n) is 7.51. The van der Waals surface area contributed by atoms with Crippen LogP contribution in [-0.4, -0.2) is 24.5 Å². The Bertz CT molecular complexity index is 1340. The number of amides is 4. The number of ether oxygens (including phenoxy) is 2. The molecule has 0 aromatic heterocycles. The minimum atomic E-state index is -0.817. The van der Waals surface area contributed by atoms with Crippen LogP contribution in [0.1, 0.15) is 23.6 Å². The summed E-state index contributed by atoms with van der Waals surface area (Å²) in [4.78, 5) is 38.7. The van der Waals surface area contributed by atoms with Gasteiger partial charge in [0.05, 0.1) is 23.9 Å². The van der Waals surface area contributed by atoms with Crippen molar-refractivity contribution in [1.82, 2.24) is 5.32 Å². The highest BCUT2D eigenvalue weighted by Crippen LogP contribution is 2.25. The average molecular weight is 467 g/mol. The molecule has 1 saturated heterocycles. The molecule has 35 heavy (non-hydrogen) atoms. The van der Waals surface area contributed by atoms with E-state index in [9.17, 15) is 19.6 Å². The van der Waals surface area contributed by atoms with Crippen molar-refractivity contribution in [2.24, 2.45) is 0 Å². The van der Waals surface area contributed by atoms with Crippen LogP contribution in [0, 0.1) is 11.3 Å². The Morgan fingerprint density at radius 1 is 0.914 bits per heavy atom. The zero-order valence-electron chi connectivity index (χ0n) is 18.9. The number of hydrogen-bond acceptors (Lipinski definition) is 6. The van der Waals surface area contributed by atoms with Crippen molar-refractivity contribution in [2.75, 3.05) is 11.5 Å². The summed E-state index contributed by atoms with van der Waals surface area (Å²) in [5, 5.41) is 11.4. The summed E-state index contributed by atoms with van der Waals surface area (Å²) in [6.07, 6.45) is 1.42. The number of anilines is 1. The van der Waals surface area contributed by atoms with Gasteiger partial charge in [-0.15, -0.1) is 0 Å². The molecule has 0 aliphatic carbocycles. The largest absolute Gasteiger partial charge is 0.494 e. The number of nitrogens with zero attached hydrogens (tertiary/aromatic N) is 2. The number of rotatable bonds is 7. The molecule has 0 spiro atoms. The third kappa shape index (κ3) is 5.20. The standard InChI is InChI=1S/C27H21N3O5/c1-2-34-22-13-9-21(10-14-22)30-26(32)24(25(31)29-27(30)33)15-18-7-11-23(12-8-18)35-17-20-6-4-3-5-19(20)16-28/h3-15H,2,17H2,1H3,(H,29,31,33). The number of hydrogen-bond donors (Lipinski definition) is 1. The van der Waals surface area contributed by atoms with Crippen LogP contribution < -0.4 is 19.7 Å². The van der Waals surface area contributed by atoms with Crippen molar-refractivity contribution < 1.29 is 23.9 Å². The molecule has 0 saturated carbocycles. The van der Waals surface area contributed by atoms with Crippen LogP contribution in [0.4, 0.5) is 10.5 Å². The smallest absolute Gasteiger partial charge is 0.335 e. The molecule has 1 aliphatic rings. The Hall–Kier alpha value is -4.90. The van der Waals surface area contributed by atoms with Gasteiger partial charge < -0.3 is 9.47 Å². The van der Waals surface area contributed by atoms with Crippen molar-refractivity contribution in [3.63, 3.8) is 0 Å². The number of imide groups is 2. The van der Waals surface area contributed by atoms with E-state index in [-0.39, 0.29) is 12.2 Å². The maximum absolute atomic E-state index is 13.0. The minimum Gasteiger partial charge on any atom is -0.494 e. The van der Waals surface area contributed by atoms with E-state index < -0.39 is 17.8 Å². The predicted octanol–water partition coefficient (Wildman–Crippen LogP) is 4.20. The Labute approximate surface area is 202 Å². The average Bonchev–Trinajstić information content (AvgIpc) is 2.87. The molecule has 1 fully saturated rings. The molecule has 1 N–H and O–H groups in total. The maximum Gasteiger partial charge on any atom is 0.335 e. The molecule has 4 amide bonds. The number of carbonyl (C=O) groups is 3. The summed E-state index contributed by atoms with van der Waals surface area (Å²) in [7, 11) is 0. The Kier molecular flexibility index (Phi) is 6.88. The van der Waals surface area contributed by atoms with Gasteiger partial charge in [0, 0.05) is 5.56 Å². The van der Waals surface area contributed by atoms with E-state index in [1.165, 1.54) is 6.08 Å². The molecule has 174 valence electrons. The van der Waals surface area contributed by atoms with Gasteiger partial charge in [0.1, 0.15) is 23.7 Å². The summed E-state index contributed by atoms with van der Waals surface area (Å²) in [6, 6.07) is 21.7. The van der Waals surface area contributed by atoms with Gasteiger partial charge in [-0.25, -0.2) is 9.69 Å². The first-order chi connectivity index (χ1) is 17.0. The lowest BCUT2D eigenvalue weighted by molar-refractivity contribution is -0.122. The number of urea groups is 1. The van der Waals surface area contributed by atoms with Gasteiger partial charge in [-0.2, -0.15) is 5.26 Å². The van der Waals surface area contributed by atoms with Gasteiger partial charge in [-0.05, 0) is 61.0 Å². The monoisotopic (exact) mass is 467 g/mol. The van der Waals surface area contributed by atoms with Crippen LogP contribution in [0.3, 0.4) is 0 Å². The molecule has 0 radical (unpaired) electrons. The normalized spacial score (nSPS) is 14.5. The molecule has 3 aromatic rings. The second-order valence-corrected chi connectivity index (χ2v) is 7.51. The number of nitriles is 1. The number of carbonyl (C=O) groups excluding carboxylic acids is 3. The lowest BCUT2D eigenvalue weighted by Crippen LogP contribution is -2.54. The molecule has 1 heterocycles. The maximum atomic E-state index is 13.0. The lowest BCUT2D eigenvalue weighted by Gasteiger charge is -2.26. The summed E-state index contributed by atoms with van der Waals surface area (Å²) in [5.74, 6) is -0.330. The highest BCUT2D eigenvalue weighted by atomic mass is 16.5. The summed E-state index contributed by atoms with van der Waals surface area (Å²) in [6.45, 7) is 2.57. The van der Waals surface area contributed by atoms with E-state index >= 15 is 0 Å². The Balaban J connectivity index is 1.50. The van der Waals surface area contributed by atoms with Crippen LogP contribution in [0.15, 0.2) is 78.4 Å². The fraction of sp³-hybridized carbons (Fsp3) is 0.111. The fourth-order valence-corrected chi connectivity index (χ4v) is 3.49. The third-order valence-corrected chi connectivity index (χ3v) is 5.23. The molecular formula is C27H21N3O5. The fourth-order valence-electron chi connectivity index (χ4n) is 3.49. The molecule has 0 unspecified atom stereocenters. The predicted molar refractivity (Wildman–Crippen MR) is 129 cm³/mol. The lowest BCUT2D eigenvalue weighted by atomic mass is 10.1. The molecule has 8 heteroatoms. The molecule has 0 bridgehead atoms. The minimum absolute atomic E-state index is 0.171. The third-order valence-electron chi connectivity index (χ3n) is 5.23. The van der Waals surface area contributed by atoms with Gasteiger partial charge in [0.15, 0.2) is 0 Å². The Morgan fingerprint density at radius 2 is 1.57 bits per heavy atom. The first-order valence-electron chi connectivity index (χ1n) is 10.9. The van der Waals surface area contributed by atoms with Crippen LogP contribution >= 0.6 is 0 Å². The van der Waals surface area contributed by atoms with Crippen LogP contribution in [-0.2, 0) is 16.2 Å². The Morgan fingerprint density at radius 3 is 2.26 bits per heavy atom. The SMILES string of the molecule is CCOc1ccc(N2C(=O)NC(=O)C(=Cc3ccc(OCc4ccccc4C#N)cc3)C2=O)cc1. The van der Waals surface area contributed by atoms with Gasteiger partial charge in [0.25, 0.3) is 11.8 Å². The van der Waals surface area contributed by atoms with Crippen molar-refractivity contribution in [3.8, 4) is 17.6 Å². The van der Waals surface area contributed by atoms with Gasteiger partial charge in [0.2, 0.25) is 0 Å². The number of nitrogens with one attached hydrogen (secondary N) is 1. The molecule has 3 aromatic carbocycles. The highest BCUT2D eigenvalue weighted by molar-refractivity contribution is 6.39. The van der Waals surface area contributed by atoms with E-state index in [0.29, 0.717) is 34.9 Å². The first kappa shape index (κ1) is 23.3. The highest BCUT2D eigenvalue weighted by Gasteiger charge is 2.36. The van der Waals surface area contributed by atoms with Crippen LogP contribution in [0.5, 0.6) is 11.5 Å². The van der Waals surface area contributed by atoms with E-state index in [0.717, 1.165) is 10.5 Å². The number of barbiturate groups is 1. The molecule has 0 atom stereocenters. The van der Waals surface area contributed by atoms with Crippen molar-refractivity contribution in [1.29, 1.82) is 5.26 Å². The van der Waals surface area contributed by atoms with Crippen molar-refractivity contribution >= 4 is 29.6 Å².